The molecule has 1 aliphatic heterocycles. The second kappa shape index (κ2) is 4.33. The van der Waals surface area contributed by atoms with Gasteiger partial charge >= 0.3 is 5.97 Å². The predicted octanol–water partition coefficient (Wildman–Crippen LogP) is 1.92. The molecule has 6 heteroatoms. The van der Waals surface area contributed by atoms with Gasteiger partial charge in [-0.2, -0.15) is 0 Å². The third-order valence-corrected chi connectivity index (χ3v) is 3.02. The molecule has 1 saturated heterocycles. The zero-order valence-corrected chi connectivity index (χ0v) is 9.45. The third kappa shape index (κ3) is 1.98. The Morgan fingerprint density at radius 3 is 2.76 bits per heavy atom. The van der Waals surface area contributed by atoms with Gasteiger partial charge < -0.3 is 10.0 Å². The number of halogens is 2. The van der Waals surface area contributed by atoms with E-state index in [1.165, 1.54) is 18.2 Å². The average molecular weight is 258 g/mol. The first kappa shape index (κ1) is 11.9. The van der Waals surface area contributed by atoms with Crippen molar-refractivity contribution in [2.75, 3.05) is 11.4 Å². The lowest BCUT2D eigenvalue weighted by Crippen LogP contribution is -2.30. The number of amides is 1. The minimum absolute atomic E-state index is 0.0390. The van der Waals surface area contributed by atoms with Crippen LogP contribution in [0.25, 0.3) is 0 Å². The van der Waals surface area contributed by atoms with Gasteiger partial charge in [-0.1, -0.05) is 17.7 Å². The smallest absolute Gasteiger partial charge is 0.316 e. The number of carboxylic acid groups (broad SMARTS) is 1. The zero-order valence-electron chi connectivity index (χ0n) is 8.69. The summed E-state index contributed by atoms with van der Waals surface area (Å²) in [5.74, 6) is -3.54. The van der Waals surface area contributed by atoms with E-state index in [2.05, 4.69) is 0 Å². The van der Waals surface area contributed by atoms with Gasteiger partial charge in [0.1, 0.15) is 11.7 Å². The molecule has 1 aromatic rings. The van der Waals surface area contributed by atoms with Gasteiger partial charge in [-0.15, -0.1) is 0 Å². The fourth-order valence-electron chi connectivity index (χ4n) is 1.88. The molecule has 1 aliphatic rings. The zero-order chi connectivity index (χ0) is 12.6. The Labute approximate surface area is 102 Å². The summed E-state index contributed by atoms with van der Waals surface area (Å²) >= 11 is 5.82. The molecular weight excluding hydrogens is 249 g/mol. The summed E-state index contributed by atoms with van der Waals surface area (Å²) in [6.45, 7) is 0.163. The van der Waals surface area contributed by atoms with Crippen LogP contribution in [0.4, 0.5) is 10.1 Å². The maximum absolute atomic E-state index is 13.6. The first-order chi connectivity index (χ1) is 8.02. The van der Waals surface area contributed by atoms with Crippen molar-refractivity contribution in [2.45, 2.75) is 6.42 Å². The molecule has 17 heavy (non-hydrogen) atoms. The minimum Gasteiger partial charge on any atom is -0.481 e. The quantitative estimate of drug-likeness (QED) is 0.824. The molecule has 4 nitrogen and oxygen atoms in total. The Hall–Kier alpha value is -1.62. The molecule has 0 aromatic heterocycles. The Kier molecular flexibility index (Phi) is 3.02. The van der Waals surface area contributed by atoms with Crippen LogP contribution < -0.4 is 4.90 Å². The van der Waals surface area contributed by atoms with Crippen molar-refractivity contribution in [3.05, 3.63) is 29.0 Å². The molecule has 0 aliphatic carbocycles. The highest BCUT2D eigenvalue weighted by Gasteiger charge is 2.39. The molecule has 1 unspecified atom stereocenters. The maximum Gasteiger partial charge on any atom is 0.316 e. The Morgan fingerprint density at radius 2 is 2.24 bits per heavy atom. The van der Waals surface area contributed by atoms with E-state index in [0.29, 0.717) is 0 Å². The number of para-hydroxylation sites is 1. The lowest BCUT2D eigenvalue weighted by atomic mass is 10.1. The van der Waals surface area contributed by atoms with E-state index in [9.17, 15) is 14.0 Å². The molecule has 1 N–H and O–H groups in total. The summed E-state index contributed by atoms with van der Waals surface area (Å²) in [5.41, 5.74) is -0.0390. The number of carboxylic acids is 1. The minimum atomic E-state index is -1.19. The van der Waals surface area contributed by atoms with Crippen molar-refractivity contribution >= 4 is 29.2 Å². The van der Waals surface area contributed by atoms with Gasteiger partial charge in [0.05, 0.1) is 10.7 Å². The number of hydrogen-bond acceptors (Lipinski definition) is 2. The number of carbonyl (C=O) groups excluding carboxylic acids is 1. The van der Waals surface area contributed by atoms with Crippen molar-refractivity contribution in [3.8, 4) is 0 Å². The van der Waals surface area contributed by atoms with Gasteiger partial charge in [-0.05, 0) is 18.6 Å². The monoisotopic (exact) mass is 257 g/mol. The normalized spacial score (nSPS) is 19.8. The molecule has 1 aromatic carbocycles. The number of nitrogens with zero attached hydrogens (tertiary/aromatic N) is 1. The first-order valence-electron chi connectivity index (χ1n) is 5.00. The summed E-state index contributed by atoms with van der Waals surface area (Å²) in [7, 11) is 0. The van der Waals surface area contributed by atoms with Crippen LogP contribution in [-0.2, 0) is 9.59 Å². The van der Waals surface area contributed by atoms with E-state index >= 15 is 0 Å². The van der Waals surface area contributed by atoms with Gasteiger partial charge in [0.2, 0.25) is 5.91 Å². The van der Waals surface area contributed by atoms with Crippen LogP contribution in [0.5, 0.6) is 0 Å². The Bertz CT molecular complexity index is 471. The van der Waals surface area contributed by atoms with E-state index in [4.69, 9.17) is 16.7 Å². The van der Waals surface area contributed by atoms with E-state index in [-0.39, 0.29) is 23.7 Å². The largest absolute Gasteiger partial charge is 0.481 e. The standard InChI is InChI=1S/C11H9ClFNO3/c12-7-2-1-3-8(13)9(7)14-5-4-6(10(14)15)11(16)17/h1-3,6H,4-5H2,(H,16,17). The summed E-state index contributed by atoms with van der Waals surface area (Å²) < 4.78 is 13.6. The van der Waals surface area contributed by atoms with Crippen LogP contribution in [0, 0.1) is 11.7 Å². The highest BCUT2D eigenvalue weighted by atomic mass is 35.5. The molecule has 0 spiro atoms. The van der Waals surface area contributed by atoms with Crippen molar-refractivity contribution in [1.82, 2.24) is 0 Å². The van der Waals surface area contributed by atoms with E-state index in [0.717, 1.165) is 4.90 Å². The fourth-order valence-corrected chi connectivity index (χ4v) is 2.14. The Balaban J connectivity index is 2.37. The first-order valence-corrected chi connectivity index (χ1v) is 5.38. The second-order valence-corrected chi connectivity index (χ2v) is 4.15. The van der Waals surface area contributed by atoms with Gasteiger partial charge in [-0.3, -0.25) is 9.59 Å². The van der Waals surface area contributed by atoms with E-state index < -0.39 is 23.6 Å². The highest BCUT2D eigenvalue weighted by molar-refractivity contribution is 6.34. The number of aliphatic carboxylic acids is 1. The maximum atomic E-state index is 13.6. The third-order valence-electron chi connectivity index (χ3n) is 2.71. The number of hydrogen-bond donors (Lipinski definition) is 1. The number of rotatable bonds is 2. The van der Waals surface area contributed by atoms with Crippen LogP contribution >= 0.6 is 11.6 Å². The molecule has 1 amide bonds. The topological polar surface area (TPSA) is 57.6 Å². The van der Waals surface area contributed by atoms with Crippen LogP contribution in [0.15, 0.2) is 18.2 Å². The SMILES string of the molecule is O=C(O)C1CCN(c2c(F)cccc2Cl)C1=O. The van der Waals surface area contributed by atoms with Crippen LogP contribution in [0.1, 0.15) is 6.42 Å². The van der Waals surface area contributed by atoms with Crippen molar-refractivity contribution in [2.24, 2.45) is 5.92 Å². The van der Waals surface area contributed by atoms with Gasteiger partial charge in [0, 0.05) is 6.54 Å². The van der Waals surface area contributed by atoms with Crippen molar-refractivity contribution in [3.63, 3.8) is 0 Å². The van der Waals surface area contributed by atoms with Crippen LogP contribution in [0.3, 0.4) is 0 Å². The molecule has 1 fully saturated rings. The Morgan fingerprint density at radius 1 is 1.53 bits per heavy atom. The number of carbonyl (C=O) groups is 2. The van der Waals surface area contributed by atoms with E-state index in [1.807, 2.05) is 0 Å². The molecule has 90 valence electrons. The molecule has 1 atom stereocenters. The summed E-state index contributed by atoms with van der Waals surface area (Å²) in [6, 6.07) is 4.07. The lowest BCUT2D eigenvalue weighted by molar-refractivity contribution is -0.144. The average Bonchev–Trinajstić information content (AvgIpc) is 2.61. The fraction of sp³-hybridized carbons (Fsp3) is 0.273. The number of benzene rings is 1. The van der Waals surface area contributed by atoms with Crippen LogP contribution in [-0.4, -0.2) is 23.5 Å². The van der Waals surface area contributed by atoms with Gasteiger partial charge in [0.25, 0.3) is 0 Å². The van der Waals surface area contributed by atoms with Gasteiger partial charge in [-0.25, -0.2) is 4.39 Å². The van der Waals surface area contributed by atoms with Gasteiger partial charge in [0.15, 0.2) is 0 Å². The van der Waals surface area contributed by atoms with Crippen molar-refractivity contribution < 1.29 is 19.1 Å². The second-order valence-electron chi connectivity index (χ2n) is 3.74. The molecule has 0 saturated carbocycles. The van der Waals surface area contributed by atoms with Crippen LogP contribution in [0.2, 0.25) is 5.02 Å². The summed E-state index contributed by atoms with van der Waals surface area (Å²) in [4.78, 5) is 23.6. The molecular formula is C11H9ClFNO3. The highest BCUT2D eigenvalue weighted by Crippen LogP contribution is 2.33. The van der Waals surface area contributed by atoms with Crippen molar-refractivity contribution in [1.29, 1.82) is 0 Å². The molecule has 2 rings (SSSR count). The van der Waals surface area contributed by atoms with E-state index in [1.54, 1.807) is 0 Å². The number of anilines is 1. The molecule has 1 heterocycles. The molecule has 0 bridgehead atoms. The summed E-state index contributed by atoms with van der Waals surface area (Å²) in [5, 5.41) is 8.91. The lowest BCUT2D eigenvalue weighted by Gasteiger charge is -2.18. The predicted molar refractivity (Wildman–Crippen MR) is 59.5 cm³/mol. The molecule has 0 radical (unpaired) electrons. The summed E-state index contributed by atoms with van der Waals surface area (Å²) in [6.07, 6.45) is 0.166.